The number of fused-ring (bicyclic) bond motifs is 1. The molecule has 1 heterocycles. The lowest BCUT2D eigenvalue weighted by molar-refractivity contribution is -0.123. The van der Waals surface area contributed by atoms with Crippen molar-refractivity contribution in [2.24, 2.45) is 0 Å². The summed E-state index contributed by atoms with van der Waals surface area (Å²) >= 11 is 0. The molecule has 1 aliphatic carbocycles. The van der Waals surface area contributed by atoms with Crippen LogP contribution < -0.4 is 5.32 Å². The minimum atomic E-state index is -0.0347. The van der Waals surface area contributed by atoms with Crippen LogP contribution in [0, 0.1) is 11.3 Å². The maximum Gasteiger partial charge on any atom is 0.220 e. The molecule has 0 atom stereocenters. The highest BCUT2D eigenvalue weighted by molar-refractivity contribution is 5.76. The van der Waals surface area contributed by atoms with Gasteiger partial charge in [-0.05, 0) is 67.3 Å². The molecule has 1 aliphatic heterocycles. The van der Waals surface area contributed by atoms with Crippen molar-refractivity contribution in [3.8, 4) is 6.07 Å². The highest BCUT2D eigenvalue weighted by Crippen LogP contribution is 2.32. The molecule has 1 saturated carbocycles. The van der Waals surface area contributed by atoms with Gasteiger partial charge in [0.05, 0.1) is 11.6 Å². The molecule has 0 unspecified atom stereocenters. The molecule has 1 amide bonds. The van der Waals surface area contributed by atoms with Crippen LogP contribution >= 0.6 is 0 Å². The minimum Gasteiger partial charge on any atom is -0.351 e. The van der Waals surface area contributed by atoms with Crippen molar-refractivity contribution >= 4 is 5.91 Å². The Morgan fingerprint density at radius 1 is 1.06 bits per heavy atom. The number of nitriles is 1. The van der Waals surface area contributed by atoms with Crippen molar-refractivity contribution in [3.05, 3.63) is 70.8 Å². The standard InChI is InChI=1S/C28H35N3O/c29-21-24-12-13-26-22-31(18-14-25(26)20-24)19-17-28(15-5-2-6-16-28)30-27(32)11-7-10-23-8-3-1-4-9-23/h1,3-4,8-9,12-13,20H,2,5-7,10-11,14-19,22H2,(H,30,32). The first-order valence-corrected chi connectivity index (χ1v) is 12.3. The smallest absolute Gasteiger partial charge is 0.220 e. The number of hydrogen-bond donors (Lipinski definition) is 1. The normalized spacial score (nSPS) is 17.8. The fourth-order valence-electron chi connectivity index (χ4n) is 5.37. The molecule has 4 rings (SSSR count). The third-order valence-electron chi connectivity index (χ3n) is 7.26. The molecule has 2 aromatic carbocycles. The molecular formula is C28H35N3O. The van der Waals surface area contributed by atoms with E-state index in [0.29, 0.717) is 6.42 Å². The van der Waals surface area contributed by atoms with E-state index >= 15 is 0 Å². The van der Waals surface area contributed by atoms with Crippen LogP contribution in [0.25, 0.3) is 0 Å². The summed E-state index contributed by atoms with van der Waals surface area (Å²) in [7, 11) is 0. The summed E-state index contributed by atoms with van der Waals surface area (Å²) in [6.45, 7) is 2.99. The Morgan fingerprint density at radius 3 is 2.66 bits per heavy atom. The Kier molecular flexibility index (Phi) is 7.60. The maximum atomic E-state index is 12.8. The van der Waals surface area contributed by atoms with Crippen molar-refractivity contribution in [2.45, 2.75) is 76.3 Å². The summed E-state index contributed by atoms with van der Waals surface area (Å²) in [6, 6.07) is 18.8. The summed E-state index contributed by atoms with van der Waals surface area (Å²) < 4.78 is 0. The van der Waals surface area contributed by atoms with Gasteiger partial charge in [0.15, 0.2) is 0 Å². The average molecular weight is 430 g/mol. The van der Waals surface area contributed by atoms with E-state index in [9.17, 15) is 4.79 Å². The number of carbonyl (C=O) groups is 1. The Morgan fingerprint density at radius 2 is 1.88 bits per heavy atom. The number of benzene rings is 2. The first-order valence-electron chi connectivity index (χ1n) is 12.3. The lowest BCUT2D eigenvalue weighted by Gasteiger charge is -2.40. The van der Waals surface area contributed by atoms with E-state index in [0.717, 1.165) is 63.7 Å². The Bertz CT molecular complexity index is 941. The van der Waals surface area contributed by atoms with E-state index in [1.165, 1.54) is 36.0 Å². The number of nitrogens with one attached hydrogen (secondary N) is 1. The lowest BCUT2D eigenvalue weighted by atomic mass is 9.78. The van der Waals surface area contributed by atoms with Crippen LogP contribution in [0.1, 0.15) is 73.6 Å². The highest BCUT2D eigenvalue weighted by atomic mass is 16.1. The van der Waals surface area contributed by atoms with Crippen LogP contribution in [0.2, 0.25) is 0 Å². The molecule has 0 spiro atoms. The fraction of sp³-hybridized carbons (Fsp3) is 0.500. The molecule has 1 N–H and O–H groups in total. The van der Waals surface area contributed by atoms with Crippen LogP contribution in [0.3, 0.4) is 0 Å². The topological polar surface area (TPSA) is 56.1 Å². The van der Waals surface area contributed by atoms with Gasteiger partial charge in [0.2, 0.25) is 5.91 Å². The monoisotopic (exact) mass is 429 g/mol. The number of rotatable bonds is 8. The van der Waals surface area contributed by atoms with Crippen LogP contribution in [-0.2, 0) is 24.2 Å². The van der Waals surface area contributed by atoms with Gasteiger partial charge >= 0.3 is 0 Å². The van der Waals surface area contributed by atoms with Gasteiger partial charge in [-0.3, -0.25) is 9.69 Å². The molecule has 2 aromatic rings. The zero-order valence-electron chi connectivity index (χ0n) is 19.1. The largest absolute Gasteiger partial charge is 0.351 e. The summed E-state index contributed by atoms with van der Waals surface area (Å²) in [6.07, 6.45) is 10.4. The van der Waals surface area contributed by atoms with Crippen LogP contribution in [0.15, 0.2) is 48.5 Å². The third-order valence-corrected chi connectivity index (χ3v) is 7.26. The van der Waals surface area contributed by atoms with Gasteiger partial charge in [-0.25, -0.2) is 0 Å². The van der Waals surface area contributed by atoms with Crippen molar-refractivity contribution in [1.29, 1.82) is 5.26 Å². The Labute approximate surface area is 192 Å². The van der Waals surface area contributed by atoms with Crippen LogP contribution in [-0.4, -0.2) is 29.4 Å². The van der Waals surface area contributed by atoms with E-state index < -0.39 is 0 Å². The summed E-state index contributed by atoms with van der Waals surface area (Å²) in [5, 5.41) is 12.6. The number of nitrogens with zero attached hydrogens (tertiary/aromatic N) is 2. The zero-order chi connectivity index (χ0) is 22.2. The van der Waals surface area contributed by atoms with E-state index in [2.05, 4.69) is 46.6 Å². The predicted molar refractivity (Wildman–Crippen MR) is 128 cm³/mol. The van der Waals surface area contributed by atoms with Crippen molar-refractivity contribution in [3.63, 3.8) is 0 Å². The first kappa shape index (κ1) is 22.6. The Hall–Kier alpha value is -2.64. The number of hydrogen-bond acceptors (Lipinski definition) is 3. The van der Waals surface area contributed by atoms with Gasteiger partial charge in [0.25, 0.3) is 0 Å². The van der Waals surface area contributed by atoms with Gasteiger partial charge in [0, 0.05) is 31.6 Å². The molecule has 168 valence electrons. The maximum absolute atomic E-state index is 12.8. The van der Waals surface area contributed by atoms with Crippen molar-refractivity contribution in [1.82, 2.24) is 10.2 Å². The third kappa shape index (κ3) is 5.99. The van der Waals surface area contributed by atoms with Gasteiger partial charge < -0.3 is 5.32 Å². The quantitative estimate of drug-likeness (QED) is 0.631. The molecule has 1 fully saturated rings. The second-order valence-corrected chi connectivity index (χ2v) is 9.60. The lowest BCUT2D eigenvalue weighted by Crippen LogP contribution is -2.51. The molecule has 4 nitrogen and oxygen atoms in total. The predicted octanol–water partition coefficient (Wildman–Crippen LogP) is 5.15. The van der Waals surface area contributed by atoms with Crippen molar-refractivity contribution < 1.29 is 4.79 Å². The summed E-state index contributed by atoms with van der Waals surface area (Å²) in [5.74, 6) is 0.218. The molecule has 4 heteroatoms. The number of aryl methyl sites for hydroxylation is 1. The molecule has 0 aromatic heterocycles. The minimum absolute atomic E-state index is 0.0347. The summed E-state index contributed by atoms with van der Waals surface area (Å²) in [4.78, 5) is 15.4. The summed E-state index contributed by atoms with van der Waals surface area (Å²) in [5.41, 5.74) is 4.69. The number of amides is 1. The zero-order valence-corrected chi connectivity index (χ0v) is 19.1. The molecule has 32 heavy (non-hydrogen) atoms. The van der Waals surface area contributed by atoms with E-state index in [1.54, 1.807) is 0 Å². The van der Waals surface area contributed by atoms with Gasteiger partial charge in [0.1, 0.15) is 0 Å². The SMILES string of the molecule is N#Cc1ccc2c(c1)CCN(CCC1(NC(=O)CCCc3ccccc3)CCCCC1)C2. The fourth-order valence-corrected chi connectivity index (χ4v) is 5.37. The van der Waals surface area contributed by atoms with Crippen LogP contribution in [0.4, 0.5) is 0 Å². The number of carbonyl (C=O) groups excluding carboxylic acids is 1. The van der Waals surface area contributed by atoms with Crippen molar-refractivity contribution in [2.75, 3.05) is 13.1 Å². The van der Waals surface area contributed by atoms with E-state index in [-0.39, 0.29) is 11.4 Å². The molecule has 2 aliphatic rings. The average Bonchev–Trinajstić information content (AvgIpc) is 2.83. The molecular weight excluding hydrogens is 394 g/mol. The van der Waals surface area contributed by atoms with Gasteiger partial charge in [-0.2, -0.15) is 5.26 Å². The van der Waals surface area contributed by atoms with Crippen LogP contribution in [0.5, 0.6) is 0 Å². The first-order chi connectivity index (χ1) is 15.7. The second kappa shape index (κ2) is 10.8. The second-order valence-electron chi connectivity index (χ2n) is 9.60. The van der Waals surface area contributed by atoms with Gasteiger partial charge in [-0.15, -0.1) is 0 Å². The molecule has 0 bridgehead atoms. The van der Waals surface area contributed by atoms with Gasteiger partial charge in [-0.1, -0.05) is 55.7 Å². The Balaban J connectivity index is 1.29. The van der Waals surface area contributed by atoms with E-state index in [4.69, 9.17) is 5.26 Å². The molecule has 0 radical (unpaired) electrons. The highest BCUT2D eigenvalue weighted by Gasteiger charge is 2.34. The molecule has 0 saturated heterocycles. The van der Waals surface area contributed by atoms with E-state index in [1.807, 2.05) is 18.2 Å².